The lowest BCUT2D eigenvalue weighted by Crippen LogP contribution is -2.12. The van der Waals surface area contributed by atoms with Crippen LogP contribution in [0.2, 0.25) is 0 Å². The summed E-state index contributed by atoms with van der Waals surface area (Å²) in [4.78, 5) is 15.4. The van der Waals surface area contributed by atoms with Crippen LogP contribution in [0.15, 0.2) is 31.0 Å². The van der Waals surface area contributed by atoms with E-state index >= 15 is 0 Å². The molecule has 100 valence electrons. The van der Waals surface area contributed by atoms with Crippen LogP contribution in [-0.4, -0.2) is 24.1 Å². The van der Waals surface area contributed by atoms with Gasteiger partial charge in [-0.1, -0.05) is 6.08 Å². The lowest BCUT2D eigenvalue weighted by molar-refractivity contribution is -0.116. The molecule has 0 unspecified atom stereocenters. The van der Waals surface area contributed by atoms with Crippen LogP contribution < -0.4 is 11.1 Å². The smallest absolute Gasteiger partial charge is 0.224 e. The Morgan fingerprint density at radius 1 is 1.56 bits per heavy atom. The van der Waals surface area contributed by atoms with E-state index in [0.29, 0.717) is 37.6 Å². The van der Waals surface area contributed by atoms with Crippen molar-refractivity contribution in [2.75, 3.05) is 24.3 Å². The molecule has 0 aliphatic heterocycles. The van der Waals surface area contributed by atoms with E-state index in [4.69, 9.17) is 10.5 Å². The predicted molar refractivity (Wildman–Crippen MR) is 74.8 cm³/mol. The van der Waals surface area contributed by atoms with E-state index in [9.17, 15) is 4.79 Å². The van der Waals surface area contributed by atoms with Crippen molar-refractivity contribution in [2.24, 2.45) is 0 Å². The van der Waals surface area contributed by atoms with Gasteiger partial charge in [-0.25, -0.2) is 4.98 Å². The second-order valence-electron chi connectivity index (χ2n) is 3.49. The molecule has 0 bridgehead atoms. The van der Waals surface area contributed by atoms with Crippen molar-refractivity contribution in [2.45, 2.75) is 12.8 Å². The number of nitrogens with one attached hydrogen (secondary N) is 1. The molecule has 0 aliphatic rings. The summed E-state index contributed by atoms with van der Waals surface area (Å²) in [6.45, 7) is 4.61. The number of amides is 1. The fourth-order valence-electron chi connectivity index (χ4n) is 1.20. The summed E-state index contributed by atoms with van der Waals surface area (Å²) in [5, 5.41) is 2.73. The van der Waals surface area contributed by atoms with Crippen molar-refractivity contribution in [1.82, 2.24) is 4.98 Å². The molecule has 0 aliphatic carbocycles. The number of nitrogens with zero attached hydrogens (tertiary/aromatic N) is 1. The maximum Gasteiger partial charge on any atom is 0.224 e. The Kier molecular flexibility index (Phi) is 8.61. The van der Waals surface area contributed by atoms with Gasteiger partial charge >= 0.3 is 0 Å². The maximum absolute atomic E-state index is 11.5. The van der Waals surface area contributed by atoms with Gasteiger partial charge in [-0.3, -0.25) is 4.79 Å². The average molecular weight is 272 g/mol. The normalized spacial score (nSPS) is 9.33. The standard InChI is InChI=1S/C12H17N3O2.ClH/c1-2-7-17-8-3-4-12(16)15-10-5-6-11(13)14-9-10;/h2,5-6,9H,1,3-4,7-8H2,(H2,13,14)(H,15,16);1H. The number of carbonyl (C=O) groups is 1. The Bertz CT molecular complexity index is 368. The molecule has 18 heavy (non-hydrogen) atoms. The minimum absolute atomic E-state index is 0. The molecule has 1 rings (SSSR count). The highest BCUT2D eigenvalue weighted by Gasteiger charge is 2.02. The summed E-state index contributed by atoms with van der Waals surface area (Å²) < 4.78 is 5.17. The fourth-order valence-corrected chi connectivity index (χ4v) is 1.20. The highest BCUT2D eigenvalue weighted by atomic mass is 35.5. The highest BCUT2D eigenvalue weighted by Crippen LogP contribution is 2.07. The number of halogens is 1. The van der Waals surface area contributed by atoms with Gasteiger partial charge in [0.25, 0.3) is 0 Å². The highest BCUT2D eigenvalue weighted by molar-refractivity contribution is 5.90. The SMILES string of the molecule is C=CCOCCCC(=O)Nc1ccc(N)nc1.Cl. The quantitative estimate of drug-likeness (QED) is 0.587. The van der Waals surface area contributed by atoms with Gasteiger partial charge in [-0.15, -0.1) is 19.0 Å². The Hall–Kier alpha value is -1.59. The Labute approximate surface area is 113 Å². The van der Waals surface area contributed by atoms with E-state index in [1.807, 2.05) is 0 Å². The fraction of sp³-hybridized carbons (Fsp3) is 0.333. The van der Waals surface area contributed by atoms with Gasteiger partial charge in [0.15, 0.2) is 0 Å². The van der Waals surface area contributed by atoms with Crippen LogP contribution in [0.1, 0.15) is 12.8 Å². The third kappa shape index (κ3) is 6.88. The van der Waals surface area contributed by atoms with Crippen molar-refractivity contribution in [3.63, 3.8) is 0 Å². The largest absolute Gasteiger partial charge is 0.384 e. The molecule has 1 aromatic rings. The molecule has 3 N–H and O–H groups in total. The molecule has 1 aromatic heterocycles. The number of hydrogen-bond acceptors (Lipinski definition) is 4. The first-order chi connectivity index (χ1) is 8.22. The summed E-state index contributed by atoms with van der Waals surface area (Å²) in [7, 11) is 0. The maximum atomic E-state index is 11.5. The zero-order valence-corrected chi connectivity index (χ0v) is 10.9. The van der Waals surface area contributed by atoms with Crippen LogP contribution >= 0.6 is 12.4 Å². The molecule has 0 fully saturated rings. The van der Waals surface area contributed by atoms with Gasteiger partial charge < -0.3 is 15.8 Å². The number of hydrogen-bond donors (Lipinski definition) is 2. The third-order valence-corrected chi connectivity index (χ3v) is 2.00. The molecule has 0 atom stereocenters. The number of carbonyl (C=O) groups excluding carboxylic acids is 1. The topological polar surface area (TPSA) is 77.2 Å². The molecule has 0 saturated heterocycles. The number of aromatic nitrogens is 1. The molecular weight excluding hydrogens is 254 g/mol. The molecule has 0 aromatic carbocycles. The van der Waals surface area contributed by atoms with E-state index in [0.717, 1.165) is 0 Å². The van der Waals surface area contributed by atoms with Crippen molar-refractivity contribution >= 4 is 29.8 Å². The van der Waals surface area contributed by atoms with Crippen LogP contribution in [0.5, 0.6) is 0 Å². The van der Waals surface area contributed by atoms with E-state index in [1.165, 1.54) is 6.20 Å². The van der Waals surface area contributed by atoms with Gasteiger partial charge in [-0.2, -0.15) is 0 Å². The van der Waals surface area contributed by atoms with Gasteiger partial charge in [-0.05, 0) is 18.6 Å². The number of ether oxygens (including phenoxy) is 1. The van der Waals surface area contributed by atoms with Gasteiger partial charge in [0.2, 0.25) is 5.91 Å². The average Bonchev–Trinajstić information content (AvgIpc) is 2.32. The molecule has 0 saturated carbocycles. The van der Waals surface area contributed by atoms with E-state index in [2.05, 4.69) is 16.9 Å². The van der Waals surface area contributed by atoms with Crippen LogP contribution in [-0.2, 0) is 9.53 Å². The number of nitrogen functional groups attached to an aromatic ring is 1. The minimum atomic E-state index is -0.0567. The van der Waals surface area contributed by atoms with Crippen LogP contribution in [0.25, 0.3) is 0 Å². The van der Waals surface area contributed by atoms with Gasteiger partial charge in [0.1, 0.15) is 5.82 Å². The first-order valence-electron chi connectivity index (χ1n) is 5.42. The third-order valence-electron chi connectivity index (χ3n) is 2.00. The van der Waals surface area contributed by atoms with E-state index in [-0.39, 0.29) is 18.3 Å². The molecule has 6 heteroatoms. The van der Waals surface area contributed by atoms with E-state index < -0.39 is 0 Å². The Morgan fingerprint density at radius 3 is 2.94 bits per heavy atom. The van der Waals surface area contributed by atoms with Gasteiger partial charge in [0, 0.05) is 13.0 Å². The summed E-state index contributed by atoms with van der Waals surface area (Å²) in [5.74, 6) is 0.375. The zero-order chi connectivity index (χ0) is 12.5. The van der Waals surface area contributed by atoms with Crippen molar-refractivity contribution in [1.29, 1.82) is 0 Å². The second kappa shape index (κ2) is 9.44. The number of nitrogens with two attached hydrogens (primary N) is 1. The number of rotatable bonds is 7. The van der Waals surface area contributed by atoms with Crippen molar-refractivity contribution in [3.8, 4) is 0 Å². The summed E-state index contributed by atoms with van der Waals surface area (Å²) in [5.41, 5.74) is 6.09. The first kappa shape index (κ1) is 16.4. The molecule has 1 heterocycles. The summed E-state index contributed by atoms with van der Waals surface area (Å²) in [6, 6.07) is 3.36. The molecule has 0 radical (unpaired) electrons. The van der Waals surface area contributed by atoms with Crippen molar-refractivity contribution in [3.05, 3.63) is 31.0 Å². The van der Waals surface area contributed by atoms with E-state index in [1.54, 1.807) is 18.2 Å². The first-order valence-corrected chi connectivity index (χ1v) is 5.42. The predicted octanol–water partition coefficient (Wildman–Crippen LogP) is 2.01. The molecule has 1 amide bonds. The van der Waals surface area contributed by atoms with Crippen molar-refractivity contribution < 1.29 is 9.53 Å². The summed E-state index contributed by atoms with van der Waals surface area (Å²) in [6.07, 6.45) is 4.31. The molecular formula is C12H18ClN3O2. The monoisotopic (exact) mass is 271 g/mol. The number of anilines is 2. The lowest BCUT2D eigenvalue weighted by atomic mass is 10.3. The Morgan fingerprint density at radius 2 is 2.33 bits per heavy atom. The number of pyridine rings is 1. The molecule has 0 spiro atoms. The lowest BCUT2D eigenvalue weighted by Gasteiger charge is -2.05. The van der Waals surface area contributed by atoms with Crippen LogP contribution in [0.3, 0.4) is 0 Å². The Balaban J connectivity index is 0.00000289. The molecule has 5 nitrogen and oxygen atoms in total. The zero-order valence-electron chi connectivity index (χ0n) is 10.1. The minimum Gasteiger partial charge on any atom is -0.384 e. The van der Waals surface area contributed by atoms with Gasteiger partial charge in [0.05, 0.1) is 18.5 Å². The van der Waals surface area contributed by atoms with Crippen LogP contribution in [0, 0.1) is 0 Å². The summed E-state index contributed by atoms with van der Waals surface area (Å²) >= 11 is 0. The second-order valence-corrected chi connectivity index (χ2v) is 3.49. The van der Waals surface area contributed by atoms with Crippen LogP contribution in [0.4, 0.5) is 11.5 Å².